The SMILES string of the molecule is CC1(C)CCC(OC2CC(N)C23CCCCCC3)CC1. The lowest BCUT2D eigenvalue weighted by Gasteiger charge is -2.55. The Morgan fingerprint density at radius 2 is 1.50 bits per heavy atom. The second kappa shape index (κ2) is 5.61. The van der Waals surface area contributed by atoms with Gasteiger partial charge in [-0.05, 0) is 50.4 Å². The maximum atomic E-state index is 6.56. The molecule has 0 bridgehead atoms. The minimum atomic E-state index is 0.351. The summed E-state index contributed by atoms with van der Waals surface area (Å²) in [5.74, 6) is 0. The van der Waals surface area contributed by atoms with Crippen LogP contribution in [0.5, 0.6) is 0 Å². The van der Waals surface area contributed by atoms with Crippen molar-refractivity contribution in [3.05, 3.63) is 0 Å². The van der Waals surface area contributed by atoms with Crippen LogP contribution in [0.15, 0.2) is 0 Å². The van der Waals surface area contributed by atoms with E-state index in [-0.39, 0.29) is 0 Å². The van der Waals surface area contributed by atoms with Gasteiger partial charge in [0.05, 0.1) is 12.2 Å². The zero-order chi connectivity index (χ0) is 14.2. The van der Waals surface area contributed by atoms with Crippen molar-refractivity contribution in [2.24, 2.45) is 16.6 Å². The average Bonchev–Trinajstić information content (AvgIpc) is 2.68. The van der Waals surface area contributed by atoms with Crippen molar-refractivity contribution in [1.29, 1.82) is 0 Å². The Balaban J connectivity index is 1.57. The maximum absolute atomic E-state index is 6.56. The molecule has 3 rings (SSSR count). The number of nitrogens with two attached hydrogens (primary N) is 1. The first-order valence-electron chi connectivity index (χ1n) is 8.93. The van der Waals surface area contributed by atoms with Crippen molar-refractivity contribution in [3.63, 3.8) is 0 Å². The Kier molecular flexibility index (Phi) is 4.16. The number of rotatable bonds is 2. The third-order valence-electron chi connectivity index (χ3n) is 6.53. The lowest BCUT2D eigenvalue weighted by molar-refractivity contribution is -0.171. The molecule has 20 heavy (non-hydrogen) atoms. The van der Waals surface area contributed by atoms with Gasteiger partial charge in [0.1, 0.15) is 0 Å². The molecule has 3 fully saturated rings. The first-order valence-corrected chi connectivity index (χ1v) is 8.93. The van der Waals surface area contributed by atoms with Gasteiger partial charge in [0, 0.05) is 11.5 Å². The van der Waals surface area contributed by atoms with E-state index in [2.05, 4.69) is 13.8 Å². The van der Waals surface area contributed by atoms with Gasteiger partial charge in [0.15, 0.2) is 0 Å². The largest absolute Gasteiger partial charge is 0.374 e. The Hall–Kier alpha value is -0.0800. The predicted octanol–water partition coefficient (Wildman–Crippen LogP) is 4.41. The van der Waals surface area contributed by atoms with Gasteiger partial charge >= 0.3 is 0 Å². The summed E-state index contributed by atoms with van der Waals surface area (Å²) in [6.45, 7) is 4.80. The molecule has 0 amide bonds. The average molecular weight is 279 g/mol. The Morgan fingerprint density at radius 1 is 0.900 bits per heavy atom. The second-order valence-electron chi connectivity index (χ2n) is 8.48. The molecule has 3 aliphatic carbocycles. The summed E-state index contributed by atoms with van der Waals surface area (Å²) in [4.78, 5) is 0. The number of ether oxygens (including phenoxy) is 1. The summed E-state index contributed by atoms with van der Waals surface area (Å²) in [5.41, 5.74) is 7.30. The minimum absolute atomic E-state index is 0.351. The van der Waals surface area contributed by atoms with E-state index in [0.717, 1.165) is 6.42 Å². The first kappa shape index (κ1) is 14.8. The fraction of sp³-hybridized carbons (Fsp3) is 1.00. The molecular weight excluding hydrogens is 246 g/mol. The molecule has 1 spiro atoms. The van der Waals surface area contributed by atoms with Crippen LogP contribution in [0.25, 0.3) is 0 Å². The van der Waals surface area contributed by atoms with Crippen LogP contribution in [0.1, 0.15) is 84.5 Å². The van der Waals surface area contributed by atoms with Crippen LogP contribution in [0.3, 0.4) is 0 Å². The van der Waals surface area contributed by atoms with Crippen molar-refractivity contribution in [1.82, 2.24) is 0 Å². The van der Waals surface area contributed by atoms with Gasteiger partial charge in [0.25, 0.3) is 0 Å². The zero-order valence-corrected chi connectivity index (χ0v) is 13.5. The first-order chi connectivity index (χ1) is 9.52. The van der Waals surface area contributed by atoms with Crippen molar-refractivity contribution in [2.45, 2.75) is 103 Å². The minimum Gasteiger partial charge on any atom is -0.374 e. The molecule has 2 heteroatoms. The molecule has 0 saturated heterocycles. The quantitative estimate of drug-likeness (QED) is 0.812. The van der Waals surface area contributed by atoms with E-state index in [4.69, 9.17) is 10.5 Å². The normalized spacial score (nSPS) is 37.4. The maximum Gasteiger partial charge on any atom is 0.0664 e. The number of hydrogen-bond donors (Lipinski definition) is 1. The topological polar surface area (TPSA) is 35.2 Å². The van der Waals surface area contributed by atoms with Gasteiger partial charge in [-0.25, -0.2) is 0 Å². The Morgan fingerprint density at radius 3 is 2.05 bits per heavy atom. The molecule has 0 aromatic carbocycles. The highest BCUT2D eigenvalue weighted by atomic mass is 16.5. The Bertz CT molecular complexity index is 320. The third-order valence-corrected chi connectivity index (χ3v) is 6.53. The van der Waals surface area contributed by atoms with E-state index in [1.54, 1.807) is 0 Å². The van der Waals surface area contributed by atoms with E-state index in [0.29, 0.717) is 29.1 Å². The molecule has 116 valence electrons. The molecule has 2 N–H and O–H groups in total. The van der Waals surface area contributed by atoms with Crippen LogP contribution in [0, 0.1) is 10.8 Å². The highest BCUT2D eigenvalue weighted by Gasteiger charge is 2.54. The molecular formula is C18H33NO. The highest BCUT2D eigenvalue weighted by Crippen LogP contribution is 2.52. The summed E-state index contributed by atoms with van der Waals surface area (Å²) >= 11 is 0. The summed E-state index contributed by atoms with van der Waals surface area (Å²) in [6.07, 6.45) is 15.4. The molecule has 0 heterocycles. The van der Waals surface area contributed by atoms with E-state index in [9.17, 15) is 0 Å². The van der Waals surface area contributed by atoms with Gasteiger partial charge in [-0.1, -0.05) is 39.5 Å². The summed E-state index contributed by atoms with van der Waals surface area (Å²) in [6, 6.07) is 0.408. The molecule has 3 saturated carbocycles. The van der Waals surface area contributed by atoms with E-state index in [1.165, 1.54) is 64.2 Å². The van der Waals surface area contributed by atoms with Crippen molar-refractivity contribution in [2.75, 3.05) is 0 Å². The molecule has 0 aliphatic heterocycles. The van der Waals surface area contributed by atoms with Crippen LogP contribution in [0.4, 0.5) is 0 Å². The fourth-order valence-corrected chi connectivity index (χ4v) is 4.79. The van der Waals surface area contributed by atoms with Crippen molar-refractivity contribution >= 4 is 0 Å². The number of hydrogen-bond acceptors (Lipinski definition) is 2. The van der Waals surface area contributed by atoms with Crippen LogP contribution < -0.4 is 5.73 Å². The van der Waals surface area contributed by atoms with Gasteiger partial charge < -0.3 is 10.5 Å². The highest BCUT2D eigenvalue weighted by molar-refractivity contribution is 5.07. The molecule has 0 aromatic heterocycles. The van der Waals surface area contributed by atoms with Gasteiger partial charge in [0.2, 0.25) is 0 Å². The molecule has 3 aliphatic rings. The molecule has 2 nitrogen and oxygen atoms in total. The van der Waals surface area contributed by atoms with Gasteiger partial charge in [-0.2, -0.15) is 0 Å². The van der Waals surface area contributed by atoms with Crippen LogP contribution >= 0.6 is 0 Å². The summed E-state index contributed by atoms with van der Waals surface area (Å²) in [5, 5.41) is 0. The van der Waals surface area contributed by atoms with Crippen molar-refractivity contribution < 1.29 is 4.74 Å². The molecule has 0 aromatic rings. The predicted molar refractivity (Wildman–Crippen MR) is 83.6 cm³/mol. The van der Waals surface area contributed by atoms with Gasteiger partial charge in [-0.15, -0.1) is 0 Å². The third kappa shape index (κ3) is 2.78. The second-order valence-corrected chi connectivity index (χ2v) is 8.48. The monoisotopic (exact) mass is 279 g/mol. The standard InChI is InChI=1S/C18H33NO/c1-17(2)11-7-14(8-12-17)20-16-13-15(19)18(16)9-5-3-4-6-10-18/h14-16H,3-13,19H2,1-2H3. The smallest absolute Gasteiger partial charge is 0.0664 e. The fourth-order valence-electron chi connectivity index (χ4n) is 4.79. The lowest BCUT2D eigenvalue weighted by Crippen LogP contribution is -2.62. The van der Waals surface area contributed by atoms with Gasteiger partial charge in [-0.3, -0.25) is 0 Å². The van der Waals surface area contributed by atoms with E-state index in [1.807, 2.05) is 0 Å². The van der Waals surface area contributed by atoms with Crippen LogP contribution in [-0.4, -0.2) is 18.2 Å². The van der Waals surface area contributed by atoms with Crippen LogP contribution in [-0.2, 0) is 4.74 Å². The lowest BCUT2D eigenvalue weighted by atomic mass is 9.58. The van der Waals surface area contributed by atoms with Crippen LogP contribution in [0.2, 0.25) is 0 Å². The molecule has 0 radical (unpaired) electrons. The zero-order valence-electron chi connectivity index (χ0n) is 13.5. The van der Waals surface area contributed by atoms with Crippen molar-refractivity contribution in [3.8, 4) is 0 Å². The van der Waals surface area contributed by atoms with E-state index < -0.39 is 0 Å². The Labute approximate surface area is 124 Å². The van der Waals surface area contributed by atoms with E-state index >= 15 is 0 Å². The summed E-state index contributed by atoms with van der Waals surface area (Å²) in [7, 11) is 0. The molecule has 2 atom stereocenters. The summed E-state index contributed by atoms with van der Waals surface area (Å²) < 4.78 is 6.56. The molecule has 2 unspecified atom stereocenters.